The van der Waals surface area contributed by atoms with E-state index >= 15 is 0 Å². The molecule has 0 amide bonds. The molecule has 13 heavy (non-hydrogen) atoms. The molecule has 0 fully saturated rings. The zero-order valence-corrected chi connectivity index (χ0v) is 9.91. The lowest BCUT2D eigenvalue weighted by atomic mass is 9.98. The molecule has 0 aliphatic heterocycles. The van der Waals surface area contributed by atoms with Gasteiger partial charge in [-0.15, -0.1) is 0 Å². The van der Waals surface area contributed by atoms with Gasteiger partial charge in [0.15, 0.2) is 5.78 Å². The van der Waals surface area contributed by atoms with E-state index in [0.29, 0.717) is 5.78 Å². The normalized spacial score (nSPS) is 13.3. The molecule has 1 unspecified atom stereocenters. The largest absolute Gasteiger partial charge is 0.311 e. The van der Waals surface area contributed by atoms with Crippen molar-refractivity contribution in [3.05, 3.63) is 0 Å². The van der Waals surface area contributed by atoms with E-state index in [9.17, 15) is 4.79 Å². The molecule has 0 heterocycles. The molecule has 0 radical (unpaired) electrons. The van der Waals surface area contributed by atoms with E-state index in [2.05, 4.69) is 11.6 Å². The van der Waals surface area contributed by atoms with Crippen LogP contribution in [0, 0.1) is 5.92 Å². The van der Waals surface area contributed by atoms with Crippen LogP contribution in [-0.2, 0) is 4.79 Å². The Balaban J connectivity index is 3.81. The molecule has 3 heteroatoms. The molecule has 0 aliphatic rings. The predicted octanol–water partition coefficient (Wildman–Crippen LogP) is 1.94. The molecule has 0 saturated heterocycles. The van der Waals surface area contributed by atoms with Crippen molar-refractivity contribution in [3.63, 3.8) is 0 Å². The van der Waals surface area contributed by atoms with Crippen LogP contribution in [0.3, 0.4) is 0 Å². The number of Topliss-reactive ketones (excluding diaryl/α,β-unsaturated/α-hetero) is 1. The van der Waals surface area contributed by atoms with Gasteiger partial charge in [0.25, 0.3) is 0 Å². The fourth-order valence-electron chi connectivity index (χ4n) is 1.26. The first-order chi connectivity index (χ1) is 6.13. The van der Waals surface area contributed by atoms with E-state index in [0.717, 1.165) is 18.6 Å². The Morgan fingerprint density at radius 2 is 2.08 bits per heavy atom. The van der Waals surface area contributed by atoms with E-state index < -0.39 is 0 Å². The van der Waals surface area contributed by atoms with Crippen LogP contribution in [0.25, 0.3) is 0 Å². The van der Waals surface area contributed by atoms with Crippen LogP contribution in [0.5, 0.6) is 0 Å². The van der Waals surface area contributed by atoms with Gasteiger partial charge in [0, 0.05) is 5.92 Å². The number of hydrogen-bond donors (Lipinski definition) is 1. The summed E-state index contributed by atoms with van der Waals surface area (Å²) in [5.41, 5.74) is 0. The maximum atomic E-state index is 11.6. The van der Waals surface area contributed by atoms with Crippen molar-refractivity contribution < 1.29 is 4.79 Å². The molecular weight excluding hydrogens is 182 g/mol. The third kappa shape index (κ3) is 5.32. The summed E-state index contributed by atoms with van der Waals surface area (Å²) in [4.78, 5) is 11.6. The van der Waals surface area contributed by atoms with E-state index in [1.54, 1.807) is 0 Å². The molecule has 1 N–H and O–H groups in total. The second kappa shape index (κ2) is 7.39. The third-order valence-electron chi connectivity index (χ3n) is 2.10. The molecule has 0 saturated carbocycles. The van der Waals surface area contributed by atoms with Crippen molar-refractivity contribution in [2.24, 2.45) is 5.92 Å². The number of rotatable bonds is 7. The molecule has 2 nitrogen and oxygen atoms in total. The summed E-state index contributed by atoms with van der Waals surface area (Å²) in [7, 11) is 1.87. The Morgan fingerprint density at radius 1 is 1.46 bits per heavy atom. The minimum Gasteiger partial charge on any atom is -0.311 e. The SMILES string of the molecule is CNC(CCCSC)C(=O)C(C)C. The van der Waals surface area contributed by atoms with Crippen molar-refractivity contribution in [1.29, 1.82) is 0 Å². The van der Waals surface area contributed by atoms with Crippen molar-refractivity contribution in [2.45, 2.75) is 32.7 Å². The van der Waals surface area contributed by atoms with E-state index in [1.165, 1.54) is 0 Å². The molecule has 0 rings (SSSR count). The summed E-state index contributed by atoms with van der Waals surface area (Å²) < 4.78 is 0. The zero-order valence-electron chi connectivity index (χ0n) is 9.09. The van der Waals surface area contributed by atoms with Crippen molar-refractivity contribution in [1.82, 2.24) is 5.32 Å². The summed E-state index contributed by atoms with van der Waals surface area (Å²) in [6, 6.07) is 0.0622. The van der Waals surface area contributed by atoms with Crippen LogP contribution < -0.4 is 5.32 Å². The topological polar surface area (TPSA) is 29.1 Å². The maximum Gasteiger partial charge on any atom is 0.152 e. The Bertz CT molecular complexity index is 148. The van der Waals surface area contributed by atoms with Crippen LogP contribution >= 0.6 is 11.8 Å². The minimum atomic E-state index is 0.0622. The average molecular weight is 203 g/mol. The lowest BCUT2D eigenvalue weighted by molar-refractivity contribution is -0.124. The molecule has 0 bridgehead atoms. The van der Waals surface area contributed by atoms with Crippen molar-refractivity contribution >= 4 is 17.5 Å². The maximum absolute atomic E-state index is 11.6. The quantitative estimate of drug-likeness (QED) is 0.641. The fourth-order valence-corrected chi connectivity index (χ4v) is 1.72. The van der Waals surface area contributed by atoms with Crippen LogP contribution in [0.2, 0.25) is 0 Å². The highest BCUT2D eigenvalue weighted by Gasteiger charge is 2.18. The third-order valence-corrected chi connectivity index (χ3v) is 2.80. The summed E-state index contributed by atoms with van der Waals surface area (Å²) in [5, 5.41) is 3.08. The van der Waals surface area contributed by atoms with E-state index in [4.69, 9.17) is 0 Å². The highest BCUT2D eigenvalue weighted by molar-refractivity contribution is 7.98. The first kappa shape index (κ1) is 13.0. The van der Waals surface area contributed by atoms with Crippen LogP contribution in [0.4, 0.5) is 0 Å². The lowest BCUT2D eigenvalue weighted by Crippen LogP contribution is -2.36. The van der Waals surface area contributed by atoms with E-state index in [1.807, 2.05) is 32.7 Å². The van der Waals surface area contributed by atoms with Gasteiger partial charge in [0.2, 0.25) is 0 Å². The van der Waals surface area contributed by atoms with Gasteiger partial charge in [-0.25, -0.2) is 0 Å². The molecule has 1 atom stereocenters. The highest BCUT2D eigenvalue weighted by atomic mass is 32.2. The lowest BCUT2D eigenvalue weighted by Gasteiger charge is -2.16. The summed E-state index contributed by atoms with van der Waals surface area (Å²) in [6.07, 6.45) is 4.18. The summed E-state index contributed by atoms with van der Waals surface area (Å²) in [5.74, 6) is 1.62. The summed E-state index contributed by atoms with van der Waals surface area (Å²) >= 11 is 1.84. The molecule has 0 spiro atoms. The van der Waals surface area contributed by atoms with Crippen molar-refractivity contribution in [2.75, 3.05) is 19.1 Å². The predicted molar refractivity (Wildman–Crippen MR) is 60.3 cm³/mol. The number of hydrogen-bond acceptors (Lipinski definition) is 3. The molecule has 0 aromatic carbocycles. The Hall–Kier alpha value is -0.0200. The Labute approximate surface area is 85.9 Å². The Morgan fingerprint density at radius 3 is 2.46 bits per heavy atom. The average Bonchev–Trinajstić information content (AvgIpc) is 2.11. The second-order valence-electron chi connectivity index (χ2n) is 3.53. The van der Waals surface area contributed by atoms with Gasteiger partial charge in [-0.05, 0) is 31.9 Å². The zero-order chi connectivity index (χ0) is 10.3. The molecule has 0 aliphatic carbocycles. The minimum absolute atomic E-state index is 0.0622. The standard InChI is InChI=1S/C10H21NOS/c1-8(2)10(12)9(11-3)6-5-7-13-4/h8-9,11H,5-7H2,1-4H3. The van der Waals surface area contributed by atoms with E-state index in [-0.39, 0.29) is 12.0 Å². The van der Waals surface area contributed by atoms with Crippen LogP contribution in [0.15, 0.2) is 0 Å². The number of likely N-dealkylation sites (N-methyl/N-ethyl adjacent to an activating group) is 1. The molecule has 78 valence electrons. The van der Waals surface area contributed by atoms with Gasteiger partial charge in [-0.3, -0.25) is 4.79 Å². The van der Waals surface area contributed by atoms with Crippen LogP contribution in [0.1, 0.15) is 26.7 Å². The van der Waals surface area contributed by atoms with Crippen LogP contribution in [-0.4, -0.2) is 30.9 Å². The Kier molecular flexibility index (Phi) is 7.38. The number of carbonyl (C=O) groups excluding carboxylic acids is 1. The fraction of sp³-hybridized carbons (Fsp3) is 0.900. The molecular formula is C10H21NOS. The number of ketones is 1. The van der Waals surface area contributed by atoms with Gasteiger partial charge in [0.1, 0.15) is 0 Å². The first-order valence-corrected chi connectivity index (χ1v) is 6.22. The van der Waals surface area contributed by atoms with Gasteiger partial charge in [-0.2, -0.15) is 11.8 Å². The second-order valence-corrected chi connectivity index (χ2v) is 4.52. The monoisotopic (exact) mass is 203 g/mol. The number of nitrogens with one attached hydrogen (secondary N) is 1. The van der Waals surface area contributed by atoms with Crippen molar-refractivity contribution in [3.8, 4) is 0 Å². The highest BCUT2D eigenvalue weighted by Crippen LogP contribution is 2.07. The van der Waals surface area contributed by atoms with Gasteiger partial charge in [-0.1, -0.05) is 13.8 Å². The number of carbonyl (C=O) groups is 1. The smallest absolute Gasteiger partial charge is 0.152 e. The number of thioether (sulfide) groups is 1. The summed E-state index contributed by atoms with van der Waals surface area (Å²) in [6.45, 7) is 3.92. The van der Waals surface area contributed by atoms with Gasteiger partial charge >= 0.3 is 0 Å². The molecule has 0 aromatic rings. The first-order valence-electron chi connectivity index (χ1n) is 4.83. The van der Waals surface area contributed by atoms with Gasteiger partial charge in [0.05, 0.1) is 6.04 Å². The van der Waals surface area contributed by atoms with Gasteiger partial charge < -0.3 is 5.32 Å². The molecule has 0 aromatic heterocycles.